The summed E-state index contributed by atoms with van der Waals surface area (Å²) in [5.41, 5.74) is 2.20. The number of rotatable bonds is 5. The Balaban J connectivity index is 1.93. The first-order valence-corrected chi connectivity index (χ1v) is 7.42. The van der Waals surface area contributed by atoms with Gasteiger partial charge < -0.3 is 14.6 Å². The first-order valence-electron chi connectivity index (χ1n) is 7.42. The molecule has 0 aromatic carbocycles. The Morgan fingerprint density at radius 3 is 2.84 bits per heavy atom. The topological polar surface area (TPSA) is 47.3 Å². The van der Waals surface area contributed by atoms with Crippen LogP contribution in [0, 0.1) is 13.8 Å². The summed E-state index contributed by atoms with van der Waals surface area (Å²) in [6.07, 6.45) is 4.98. The van der Waals surface area contributed by atoms with E-state index in [-0.39, 0.29) is 6.04 Å². The maximum absolute atomic E-state index is 5.80. The molecule has 2 rings (SSSR count). The number of aromatic nitrogens is 1. The Morgan fingerprint density at radius 1 is 1.42 bits per heavy atom. The highest BCUT2D eigenvalue weighted by Gasteiger charge is 2.25. The predicted molar refractivity (Wildman–Crippen MR) is 75.2 cm³/mol. The first-order chi connectivity index (χ1) is 9.11. The van der Waals surface area contributed by atoms with E-state index in [0.29, 0.717) is 12.1 Å². The molecule has 4 nitrogen and oxygen atoms in total. The van der Waals surface area contributed by atoms with E-state index in [4.69, 9.17) is 9.26 Å². The summed E-state index contributed by atoms with van der Waals surface area (Å²) in [6, 6.07) is 0.825. The van der Waals surface area contributed by atoms with Crippen molar-refractivity contribution >= 4 is 0 Å². The zero-order valence-electron chi connectivity index (χ0n) is 12.5. The number of hydrogen-bond donors (Lipinski definition) is 1. The number of aryl methyl sites for hydroxylation is 2. The second-order valence-electron chi connectivity index (χ2n) is 5.63. The third-order valence-electron chi connectivity index (χ3n) is 3.99. The normalized spacial score (nSPS) is 25.5. The van der Waals surface area contributed by atoms with E-state index in [0.717, 1.165) is 37.3 Å². The average Bonchev–Trinajstić information content (AvgIpc) is 2.70. The van der Waals surface area contributed by atoms with E-state index in [1.54, 1.807) is 0 Å². The summed E-state index contributed by atoms with van der Waals surface area (Å²) in [7, 11) is 0. The maximum Gasteiger partial charge on any atom is 0.138 e. The summed E-state index contributed by atoms with van der Waals surface area (Å²) in [5.74, 6) is 0.926. The molecule has 1 aliphatic rings. The van der Waals surface area contributed by atoms with Gasteiger partial charge in [0.2, 0.25) is 0 Å². The Kier molecular flexibility index (Phi) is 4.99. The first kappa shape index (κ1) is 14.5. The van der Waals surface area contributed by atoms with Crippen LogP contribution in [-0.4, -0.2) is 23.9 Å². The predicted octanol–water partition coefficient (Wildman–Crippen LogP) is 3.29. The lowest BCUT2D eigenvalue weighted by Gasteiger charge is -2.32. The molecule has 0 saturated carbocycles. The lowest BCUT2D eigenvalue weighted by Crippen LogP contribution is -2.40. The monoisotopic (exact) mass is 266 g/mol. The van der Waals surface area contributed by atoms with Crippen LogP contribution in [0.5, 0.6) is 0 Å². The molecule has 0 bridgehead atoms. The summed E-state index contributed by atoms with van der Waals surface area (Å²) in [5, 5.41) is 7.75. The largest absolute Gasteiger partial charge is 0.378 e. The molecule has 0 radical (unpaired) electrons. The van der Waals surface area contributed by atoms with Crippen molar-refractivity contribution < 1.29 is 9.26 Å². The molecular weight excluding hydrogens is 240 g/mol. The van der Waals surface area contributed by atoms with E-state index >= 15 is 0 Å². The Bertz CT molecular complexity index is 381. The fourth-order valence-electron chi connectivity index (χ4n) is 3.10. The molecule has 0 spiro atoms. The molecule has 1 aromatic heterocycles. The molecule has 2 heterocycles. The van der Waals surface area contributed by atoms with Gasteiger partial charge in [0.1, 0.15) is 5.76 Å². The van der Waals surface area contributed by atoms with Crippen molar-refractivity contribution in [3.8, 4) is 0 Å². The fourth-order valence-corrected chi connectivity index (χ4v) is 3.10. The number of nitrogens with zero attached hydrogens (tertiary/aromatic N) is 1. The fraction of sp³-hybridized carbons (Fsp3) is 0.800. The highest BCUT2D eigenvalue weighted by Crippen LogP contribution is 2.24. The number of hydrogen-bond acceptors (Lipinski definition) is 4. The minimum absolute atomic E-state index is 0.289. The summed E-state index contributed by atoms with van der Waals surface area (Å²) in [6.45, 7) is 9.27. The highest BCUT2D eigenvalue weighted by atomic mass is 16.5. The van der Waals surface area contributed by atoms with Gasteiger partial charge in [0.05, 0.1) is 11.8 Å². The minimum Gasteiger partial charge on any atom is -0.378 e. The highest BCUT2D eigenvalue weighted by molar-refractivity contribution is 5.24. The second-order valence-corrected chi connectivity index (χ2v) is 5.63. The molecule has 3 atom stereocenters. The molecule has 0 aliphatic carbocycles. The van der Waals surface area contributed by atoms with Gasteiger partial charge in [0.25, 0.3) is 0 Å². The lowest BCUT2D eigenvalue weighted by atomic mass is 9.98. The third kappa shape index (κ3) is 3.57. The molecule has 19 heavy (non-hydrogen) atoms. The molecule has 1 aromatic rings. The van der Waals surface area contributed by atoms with Gasteiger partial charge in [-0.15, -0.1) is 0 Å². The van der Waals surface area contributed by atoms with Crippen molar-refractivity contribution in [2.45, 2.75) is 71.6 Å². The number of nitrogens with one attached hydrogen (secondary N) is 1. The van der Waals surface area contributed by atoms with Crippen LogP contribution in [0.4, 0.5) is 0 Å². The molecule has 1 fully saturated rings. The lowest BCUT2D eigenvalue weighted by molar-refractivity contribution is -0.00475. The van der Waals surface area contributed by atoms with Crippen molar-refractivity contribution in [3.05, 3.63) is 17.0 Å². The van der Waals surface area contributed by atoms with E-state index < -0.39 is 0 Å². The van der Waals surface area contributed by atoms with Gasteiger partial charge in [-0.05, 0) is 40.0 Å². The van der Waals surface area contributed by atoms with Crippen LogP contribution in [0.3, 0.4) is 0 Å². The van der Waals surface area contributed by atoms with Gasteiger partial charge in [-0.3, -0.25) is 0 Å². The van der Waals surface area contributed by atoms with Gasteiger partial charge in [-0.2, -0.15) is 0 Å². The zero-order valence-corrected chi connectivity index (χ0v) is 12.5. The molecule has 3 unspecified atom stereocenters. The Hall–Kier alpha value is -0.870. The van der Waals surface area contributed by atoms with Gasteiger partial charge in [-0.25, -0.2) is 0 Å². The molecule has 1 saturated heterocycles. The third-order valence-corrected chi connectivity index (χ3v) is 3.99. The maximum atomic E-state index is 5.80. The van der Waals surface area contributed by atoms with E-state index in [9.17, 15) is 0 Å². The smallest absolute Gasteiger partial charge is 0.138 e. The second kappa shape index (κ2) is 6.53. The summed E-state index contributed by atoms with van der Waals surface area (Å²) >= 11 is 0. The van der Waals surface area contributed by atoms with Gasteiger partial charge in [0, 0.05) is 24.3 Å². The van der Waals surface area contributed by atoms with Crippen LogP contribution >= 0.6 is 0 Å². The van der Waals surface area contributed by atoms with Crippen LogP contribution < -0.4 is 5.32 Å². The van der Waals surface area contributed by atoms with Crippen LogP contribution in [0.25, 0.3) is 0 Å². The average molecular weight is 266 g/mol. The minimum atomic E-state index is 0.289. The van der Waals surface area contributed by atoms with Crippen molar-refractivity contribution in [2.24, 2.45) is 0 Å². The van der Waals surface area contributed by atoms with E-state index in [2.05, 4.69) is 24.3 Å². The van der Waals surface area contributed by atoms with Crippen LogP contribution in [-0.2, 0) is 4.74 Å². The summed E-state index contributed by atoms with van der Waals surface area (Å²) in [4.78, 5) is 0. The Morgan fingerprint density at radius 2 is 2.21 bits per heavy atom. The van der Waals surface area contributed by atoms with Crippen molar-refractivity contribution in [1.82, 2.24) is 10.5 Å². The van der Waals surface area contributed by atoms with E-state index in [1.165, 1.54) is 12.0 Å². The summed E-state index contributed by atoms with van der Waals surface area (Å²) < 4.78 is 11.0. The molecule has 1 aliphatic heterocycles. The number of ether oxygens (including phenoxy) is 1. The molecule has 0 amide bonds. The van der Waals surface area contributed by atoms with Crippen LogP contribution in [0.1, 0.15) is 62.6 Å². The van der Waals surface area contributed by atoms with Crippen LogP contribution in [0.15, 0.2) is 4.52 Å². The SMILES string of the molecule is CCCC1CC(NC(C)c2c(C)noc2C)CCO1. The standard InChI is InChI=1S/C15H26N2O2/c1-5-6-14-9-13(7-8-18-14)16-10(2)15-11(3)17-19-12(15)4/h10,13-14,16H,5-9H2,1-4H3. The Labute approximate surface area is 115 Å². The van der Waals surface area contributed by atoms with Gasteiger partial charge in [0.15, 0.2) is 0 Å². The quantitative estimate of drug-likeness (QED) is 0.888. The van der Waals surface area contributed by atoms with Gasteiger partial charge in [-0.1, -0.05) is 18.5 Å². The van der Waals surface area contributed by atoms with Gasteiger partial charge >= 0.3 is 0 Å². The van der Waals surface area contributed by atoms with Crippen LogP contribution in [0.2, 0.25) is 0 Å². The molecular formula is C15H26N2O2. The molecule has 108 valence electrons. The molecule has 1 N–H and O–H groups in total. The zero-order chi connectivity index (χ0) is 13.8. The molecule has 4 heteroatoms. The van der Waals surface area contributed by atoms with Crippen molar-refractivity contribution in [1.29, 1.82) is 0 Å². The van der Waals surface area contributed by atoms with Crippen molar-refractivity contribution in [3.63, 3.8) is 0 Å². The van der Waals surface area contributed by atoms with Crippen molar-refractivity contribution in [2.75, 3.05) is 6.61 Å². The van der Waals surface area contributed by atoms with E-state index in [1.807, 2.05) is 13.8 Å².